The number of esters is 4. The van der Waals surface area contributed by atoms with Gasteiger partial charge in [-0.15, -0.1) is 0 Å². The summed E-state index contributed by atoms with van der Waals surface area (Å²) in [4.78, 5) is 53.4. The van der Waals surface area contributed by atoms with Gasteiger partial charge in [-0.1, -0.05) is 32.6 Å². The predicted octanol–water partition coefficient (Wildman–Crippen LogP) is 9.52. The zero-order chi connectivity index (χ0) is 43.2. The minimum absolute atomic E-state index is 0.122. The second-order valence-corrected chi connectivity index (χ2v) is 14.1. The summed E-state index contributed by atoms with van der Waals surface area (Å²) >= 11 is 0. The number of unbranched alkanes of at least 4 members (excludes halogenated alkanes) is 6. The van der Waals surface area contributed by atoms with Gasteiger partial charge in [-0.05, 0) is 130 Å². The molecule has 0 fully saturated rings. The molecule has 5 rings (SSSR count). The third kappa shape index (κ3) is 15.3. The molecule has 14 nitrogen and oxygen atoms in total. The fourth-order valence-electron chi connectivity index (χ4n) is 5.63. The van der Waals surface area contributed by atoms with Gasteiger partial charge in [0.2, 0.25) is 0 Å². The average molecular weight is 834 g/mol. The fourth-order valence-corrected chi connectivity index (χ4v) is 5.63. The van der Waals surface area contributed by atoms with Crippen molar-refractivity contribution < 1.29 is 52.0 Å². The maximum absolute atomic E-state index is 13.3. The van der Waals surface area contributed by atoms with E-state index in [1.54, 1.807) is 60.7 Å². The van der Waals surface area contributed by atoms with E-state index in [2.05, 4.69) is 22.1 Å². The van der Waals surface area contributed by atoms with Gasteiger partial charge in [-0.25, -0.2) is 19.8 Å². The van der Waals surface area contributed by atoms with Gasteiger partial charge >= 0.3 is 29.9 Å². The van der Waals surface area contributed by atoms with Gasteiger partial charge in [0, 0.05) is 11.6 Å². The number of para-hydroxylation sites is 2. The molecule has 0 amide bonds. The van der Waals surface area contributed by atoms with E-state index in [0.29, 0.717) is 65.7 Å². The van der Waals surface area contributed by atoms with Gasteiger partial charge < -0.3 is 32.8 Å². The van der Waals surface area contributed by atoms with Gasteiger partial charge in [0.15, 0.2) is 5.58 Å². The number of carbonyl (C=O) groups is 4. The monoisotopic (exact) mass is 833 g/mol. The maximum Gasteiger partial charge on any atom is 0.343 e. The summed E-state index contributed by atoms with van der Waals surface area (Å²) < 4.78 is 39.0. The molecule has 1 N–H and O–H groups in total. The second kappa shape index (κ2) is 24.2. The van der Waals surface area contributed by atoms with Crippen LogP contribution in [-0.4, -0.2) is 61.5 Å². The van der Waals surface area contributed by atoms with Gasteiger partial charge in [0.25, 0.3) is 0 Å². The number of hydrazone groups is 1. The van der Waals surface area contributed by atoms with Crippen LogP contribution in [-0.2, 0) is 19.1 Å². The first kappa shape index (κ1) is 45.1. The van der Waals surface area contributed by atoms with Gasteiger partial charge in [-0.3, -0.25) is 4.79 Å². The van der Waals surface area contributed by atoms with Crippen LogP contribution in [0.1, 0.15) is 91.5 Å². The Kier molecular flexibility index (Phi) is 17.9. The highest BCUT2D eigenvalue weighted by atomic mass is 16.5. The number of nitrogens with one attached hydrogen (secondary N) is 1. The minimum Gasteiger partial charge on any atom is -0.494 e. The lowest BCUT2D eigenvalue weighted by Crippen LogP contribution is -2.12. The van der Waals surface area contributed by atoms with E-state index in [9.17, 15) is 19.2 Å². The topological polar surface area (TPSA) is 174 Å². The van der Waals surface area contributed by atoms with Crippen LogP contribution < -0.4 is 24.4 Å². The lowest BCUT2D eigenvalue weighted by atomic mass is 10.2. The van der Waals surface area contributed by atoms with Crippen molar-refractivity contribution in [2.45, 2.75) is 65.2 Å². The number of aromatic nitrogens is 1. The summed E-state index contributed by atoms with van der Waals surface area (Å²) in [5, 5.41) is 4.24. The first-order chi connectivity index (χ1) is 29.7. The van der Waals surface area contributed by atoms with Crippen LogP contribution in [0, 0.1) is 5.92 Å². The Morgan fingerprint density at radius 2 is 1.25 bits per heavy atom. The number of hydrogen-bond acceptors (Lipinski definition) is 14. The SMILES string of the molecule is C=CC(=O)OCCCCCCOc1ccc(C(=O)Oc2ccc(OC(=O)c3ccc(OCCCCCCOC(=O)C(C)C)cc3)cc2/C=N/Nc2nc3ccccc3o2)cc1. The summed E-state index contributed by atoms with van der Waals surface area (Å²) in [5.74, 6) is -0.378. The van der Waals surface area contributed by atoms with E-state index < -0.39 is 17.9 Å². The highest BCUT2D eigenvalue weighted by molar-refractivity contribution is 5.94. The van der Waals surface area contributed by atoms with Crippen molar-refractivity contribution in [3.63, 3.8) is 0 Å². The molecule has 0 aliphatic rings. The van der Waals surface area contributed by atoms with Gasteiger partial charge in [-0.2, -0.15) is 10.1 Å². The summed E-state index contributed by atoms with van der Waals surface area (Å²) in [7, 11) is 0. The molecule has 1 heterocycles. The first-order valence-corrected chi connectivity index (χ1v) is 20.3. The Morgan fingerprint density at radius 1 is 0.689 bits per heavy atom. The Balaban J connectivity index is 1.14. The maximum atomic E-state index is 13.3. The summed E-state index contributed by atoms with van der Waals surface area (Å²) in [5.41, 5.74) is 4.89. The van der Waals surface area contributed by atoms with Crippen LogP contribution in [0.5, 0.6) is 23.0 Å². The molecule has 0 saturated heterocycles. The first-order valence-electron chi connectivity index (χ1n) is 20.3. The second-order valence-electron chi connectivity index (χ2n) is 14.1. The van der Waals surface area contributed by atoms with E-state index in [-0.39, 0.29) is 29.4 Å². The molecule has 5 aromatic rings. The largest absolute Gasteiger partial charge is 0.494 e. The van der Waals surface area contributed by atoms with Crippen molar-refractivity contribution in [1.82, 2.24) is 4.98 Å². The lowest BCUT2D eigenvalue weighted by Gasteiger charge is -2.11. The lowest BCUT2D eigenvalue weighted by molar-refractivity contribution is -0.147. The number of hydrogen-bond donors (Lipinski definition) is 1. The highest BCUT2D eigenvalue weighted by Crippen LogP contribution is 2.26. The molecule has 0 atom stereocenters. The third-order valence-corrected chi connectivity index (χ3v) is 8.97. The molecule has 320 valence electrons. The molecule has 0 bridgehead atoms. The van der Waals surface area contributed by atoms with Gasteiger partial charge in [0.1, 0.15) is 28.5 Å². The summed E-state index contributed by atoms with van der Waals surface area (Å²) in [6.45, 7) is 8.80. The molecule has 0 saturated carbocycles. The zero-order valence-corrected chi connectivity index (χ0v) is 34.5. The van der Waals surface area contributed by atoms with Crippen molar-refractivity contribution >= 4 is 47.2 Å². The van der Waals surface area contributed by atoms with Crippen LogP contribution in [0.15, 0.2) is 113 Å². The number of fused-ring (bicyclic) bond motifs is 1. The number of nitrogens with zero attached hydrogens (tertiary/aromatic N) is 2. The van der Waals surface area contributed by atoms with Crippen LogP contribution in [0.4, 0.5) is 6.01 Å². The standard InChI is InChI=1S/C47H51N3O11/c1-4-43(51)57-29-13-7-5-11-27-56-38-23-19-35(20-24-38)46(54)60-41-26-25-39(31-36(41)32-48-50-47-49-40-15-9-10-16-42(40)61-47)59-45(53)34-17-21-37(22-18-34)55-28-12-6-8-14-30-58-44(52)33(2)3/h4,9-10,15-26,31-33H,1,5-8,11-14,27-30H2,2-3H3,(H,49,50)/b48-32+. The summed E-state index contributed by atoms with van der Waals surface area (Å²) in [6.07, 6.45) is 9.46. The van der Waals surface area contributed by atoms with E-state index in [1.165, 1.54) is 24.4 Å². The third-order valence-electron chi connectivity index (χ3n) is 8.97. The molecule has 61 heavy (non-hydrogen) atoms. The molecule has 0 aliphatic heterocycles. The van der Waals surface area contributed by atoms with Crippen LogP contribution in [0.3, 0.4) is 0 Å². The molecule has 4 aromatic carbocycles. The van der Waals surface area contributed by atoms with Crippen molar-refractivity contribution in [2.75, 3.05) is 31.9 Å². The molecule has 1 aromatic heterocycles. The molecular formula is C47H51N3O11. The van der Waals surface area contributed by atoms with Crippen molar-refractivity contribution in [3.8, 4) is 23.0 Å². The van der Waals surface area contributed by atoms with Crippen LogP contribution >= 0.6 is 0 Å². The van der Waals surface area contributed by atoms with Crippen LogP contribution in [0.25, 0.3) is 11.1 Å². The number of oxazole rings is 1. The number of carbonyl (C=O) groups excluding carboxylic acids is 4. The number of ether oxygens (including phenoxy) is 6. The quantitative estimate of drug-likeness (QED) is 0.0147. The Bertz CT molecular complexity index is 2200. The predicted molar refractivity (Wildman–Crippen MR) is 229 cm³/mol. The van der Waals surface area contributed by atoms with E-state index >= 15 is 0 Å². The zero-order valence-electron chi connectivity index (χ0n) is 34.5. The normalized spacial score (nSPS) is 11.0. The average Bonchev–Trinajstić information content (AvgIpc) is 3.69. The Labute approximate surface area is 354 Å². The molecular weight excluding hydrogens is 783 g/mol. The highest BCUT2D eigenvalue weighted by Gasteiger charge is 2.16. The molecule has 0 unspecified atom stereocenters. The number of rotatable bonds is 25. The Morgan fingerprint density at radius 3 is 1.84 bits per heavy atom. The van der Waals surface area contributed by atoms with E-state index in [0.717, 1.165) is 57.4 Å². The molecule has 0 aliphatic carbocycles. The molecule has 14 heteroatoms. The smallest absolute Gasteiger partial charge is 0.343 e. The van der Waals surface area contributed by atoms with E-state index in [4.69, 9.17) is 32.8 Å². The molecule has 0 spiro atoms. The fraction of sp³-hybridized carbons (Fsp3) is 0.319. The van der Waals surface area contributed by atoms with E-state index in [1.807, 2.05) is 26.0 Å². The van der Waals surface area contributed by atoms with Crippen molar-refractivity contribution in [2.24, 2.45) is 11.0 Å². The number of benzene rings is 4. The Hall–Kier alpha value is -6.96. The van der Waals surface area contributed by atoms with Gasteiger partial charge in [0.05, 0.1) is 49.7 Å². The van der Waals surface area contributed by atoms with Crippen molar-refractivity contribution in [1.29, 1.82) is 0 Å². The summed E-state index contributed by atoms with van der Waals surface area (Å²) in [6, 6.07) is 25.2. The molecule has 0 radical (unpaired) electrons. The van der Waals surface area contributed by atoms with Crippen molar-refractivity contribution in [3.05, 3.63) is 120 Å². The van der Waals surface area contributed by atoms with Crippen LogP contribution in [0.2, 0.25) is 0 Å². The minimum atomic E-state index is -0.623. The number of anilines is 1.